The molecule has 0 spiro atoms. The number of aromatic hydroxyl groups is 1. The van der Waals surface area contributed by atoms with Crippen LogP contribution in [0.1, 0.15) is 48.5 Å². The van der Waals surface area contributed by atoms with Gasteiger partial charge in [0.05, 0.1) is 0 Å². The molecule has 0 fully saturated rings. The monoisotopic (exact) mass is 301 g/mol. The molecule has 1 unspecified atom stereocenters. The Labute approximate surface area is 130 Å². The van der Waals surface area contributed by atoms with Crippen molar-refractivity contribution in [3.8, 4) is 5.75 Å². The number of fused-ring (bicyclic) bond motifs is 1. The van der Waals surface area contributed by atoms with Gasteiger partial charge >= 0.3 is 0 Å². The van der Waals surface area contributed by atoms with E-state index in [-0.39, 0.29) is 12.1 Å². The van der Waals surface area contributed by atoms with Crippen molar-refractivity contribution in [1.29, 1.82) is 0 Å². The molecule has 0 amide bonds. The van der Waals surface area contributed by atoms with Crippen molar-refractivity contribution in [2.75, 3.05) is 0 Å². The van der Waals surface area contributed by atoms with Crippen molar-refractivity contribution >= 4 is 11.6 Å². The Morgan fingerprint density at radius 2 is 2.05 bits per heavy atom. The minimum atomic E-state index is 0.178. The third-order valence-corrected chi connectivity index (χ3v) is 4.61. The summed E-state index contributed by atoms with van der Waals surface area (Å²) in [4.78, 5) is 0. The van der Waals surface area contributed by atoms with Gasteiger partial charge in [0.25, 0.3) is 0 Å². The van der Waals surface area contributed by atoms with Crippen molar-refractivity contribution < 1.29 is 5.11 Å². The van der Waals surface area contributed by atoms with Gasteiger partial charge in [-0.15, -0.1) is 0 Å². The van der Waals surface area contributed by atoms with Crippen LogP contribution < -0.4 is 5.32 Å². The van der Waals surface area contributed by atoms with Crippen LogP contribution in [0.4, 0.5) is 0 Å². The van der Waals surface area contributed by atoms with Gasteiger partial charge in [0, 0.05) is 17.1 Å². The molecule has 0 heterocycles. The average molecular weight is 302 g/mol. The van der Waals surface area contributed by atoms with Crippen LogP contribution in [-0.2, 0) is 6.42 Å². The van der Waals surface area contributed by atoms with Gasteiger partial charge in [0.1, 0.15) is 5.75 Å². The van der Waals surface area contributed by atoms with E-state index in [1.807, 2.05) is 30.3 Å². The van der Waals surface area contributed by atoms with Crippen molar-refractivity contribution in [2.45, 2.75) is 38.3 Å². The molecule has 0 saturated heterocycles. The second-order valence-electron chi connectivity index (χ2n) is 5.74. The number of hydrogen-bond acceptors (Lipinski definition) is 2. The zero-order valence-corrected chi connectivity index (χ0v) is 12.9. The number of nitrogens with one attached hydrogen (secondary N) is 1. The van der Waals surface area contributed by atoms with E-state index in [9.17, 15) is 5.11 Å². The first kappa shape index (κ1) is 14.4. The zero-order chi connectivity index (χ0) is 14.8. The molecule has 2 atom stereocenters. The fourth-order valence-corrected chi connectivity index (χ4v) is 3.48. The first-order chi connectivity index (χ1) is 10.1. The van der Waals surface area contributed by atoms with Gasteiger partial charge in [-0.2, -0.15) is 0 Å². The summed E-state index contributed by atoms with van der Waals surface area (Å²) in [6.07, 6.45) is 3.35. The molecule has 2 N–H and O–H groups in total. The van der Waals surface area contributed by atoms with E-state index in [1.165, 1.54) is 17.5 Å². The molecule has 0 aromatic heterocycles. The van der Waals surface area contributed by atoms with Gasteiger partial charge in [-0.1, -0.05) is 35.9 Å². The molecule has 2 aromatic rings. The van der Waals surface area contributed by atoms with Crippen LogP contribution >= 0.6 is 11.6 Å². The summed E-state index contributed by atoms with van der Waals surface area (Å²) in [6.45, 7) is 2.14. The molecule has 0 saturated carbocycles. The lowest BCUT2D eigenvalue weighted by Gasteiger charge is -2.30. The van der Waals surface area contributed by atoms with Crippen LogP contribution in [0.15, 0.2) is 42.5 Å². The molecule has 0 radical (unpaired) electrons. The Balaban J connectivity index is 1.83. The minimum absolute atomic E-state index is 0.178. The summed E-state index contributed by atoms with van der Waals surface area (Å²) in [5, 5.41) is 14.2. The van der Waals surface area contributed by atoms with E-state index >= 15 is 0 Å². The van der Waals surface area contributed by atoms with Gasteiger partial charge in [-0.25, -0.2) is 0 Å². The molecule has 3 rings (SSSR count). The van der Waals surface area contributed by atoms with Crippen molar-refractivity contribution in [1.82, 2.24) is 5.32 Å². The number of halogens is 1. The van der Waals surface area contributed by atoms with Gasteiger partial charge < -0.3 is 10.4 Å². The van der Waals surface area contributed by atoms with E-state index in [2.05, 4.69) is 18.3 Å². The highest BCUT2D eigenvalue weighted by Crippen LogP contribution is 2.34. The average Bonchev–Trinajstić information content (AvgIpc) is 2.48. The number of phenols is 1. The normalized spacial score (nSPS) is 19.0. The summed E-state index contributed by atoms with van der Waals surface area (Å²) < 4.78 is 0. The second-order valence-corrected chi connectivity index (χ2v) is 6.14. The summed E-state index contributed by atoms with van der Waals surface area (Å²) in [5.74, 6) is 0.341. The molecule has 2 aromatic carbocycles. The fourth-order valence-electron chi connectivity index (χ4n) is 3.18. The Morgan fingerprint density at radius 1 is 1.24 bits per heavy atom. The molecule has 21 heavy (non-hydrogen) atoms. The lowest BCUT2D eigenvalue weighted by molar-refractivity contribution is 0.411. The summed E-state index contributed by atoms with van der Waals surface area (Å²) in [7, 11) is 0. The van der Waals surface area contributed by atoms with Crippen molar-refractivity contribution in [3.05, 3.63) is 64.2 Å². The molecule has 1 aliphatic rings. The van der Waals surface area contributed by atoms with Gasteiger partial charge in [-0.05, 0) is 61.1 Å². The Hall–Kier alpha value is -1.51. The van der Waals surface area contributed by atoms with Gasteiger partial charge in [0.15, 0.2) is 0 Å². The Bertz CT molecular complexity index is 641. The molecule has 1 aliphatic carbocycles. The van der Waals surface area contributed by atoms with Crippen LogP contribution in [-0.4, -0.2) is 5.11 Å². The minimum Gasteiger partial charge on any atom is -0.508 e. The summed E-state index contributed by atoms with van der Waals surface area (Å²) >= 11 is 6.28. The molecule has 0 aliphatic heterocycles. The Kier molecular flexibility index (Phi) is 4.18. The van der Waals surface area contributed by atoms with Crippen molar-refractivity contribution in [3.63, 3.8) is 0 Å². The number of benzene rings is 2. The largest absolute Gasteiger partial charge is 0.508 e. The maximum Gasteiger partial charge on any atom is 0.115 e. The SMILES string of the molecule is C[C@@H](NC1CCCc2ccc(O)cc21)c1ccccc1Cl. The topological polar surface area (TPSA) is 32.3 Å². The first-order valence-corrected chi connectivity index (χ1v) is 7.85. The second kappa shape index (κ2) is 6.08. The number of hydrogen-bond donors (Lipinski definition) is 2. The molecule has 0 bridgehead atoms. The highest BCUT2D eigenvalue weighted by molar-refractivity contribution is 6.31. The molecular weight excluding hydrogens is 282 g/mol. The van der Waals surface area contributed by atoms with Crippen LogP contribution in [0, 0.1) is 0 Å². The van der Waals surface area contributed by atoms with Crippen LogP contribution in [0.5, 0.6) is 5.75 Å². The lowest BCUT2D eigenvalue weighted by Crippen LogP contribution is -2.27. The number of rotatable bonds is 3. The molecule has 3 heteroatoms. The van der Waals surface area contributed by atoms with E-state index < -0.39 is 0 Å². The highest BCUT2D eigenvalue weighted by Gasteiger charge is 2.22. The quantitative estimate of drug-likeness (QED) is 0.855. The molecular formula is C18H20ClNO. The van der Waals surface area contributed by atoms with Gasteiger partial charge in [-0.3, -0.25) is 0 Å². The summed E-state index contributed by atoms with van der Waals surface area (Å²) in [5.41, 5.74) is 3.68. The molecule has 2 nitrogen and oxygen atoms in total. The third kappa shape index (κ3) is 3.07. The van der Waals surface area contributed by atoms with E-state index in [0.29, 0.717) is 5.75 Å². The highest BCUT2D eigenvalue weighted by atomic mass is 35.5. The zero-order valence-electron chi connectivity index (χ0n) is 12.1. The maximum atomic E-state index is 9.75. The Morgan fingerprint density at radius 3 is 2.86 bits per heavy atom. The number of aryl methyl sites for hydroxylation is 1. The molecule has 110 valence electrons. The van der Waals surface area contributed by atoms with E-state index in [4.69, 9.17) is 11.6 Å². The number of phenolic OH excluding ortho intramolecular Hbond substituents is 1. The van der Waals surface area contributed by atoms with E-state index in [1.54, 1.807) is 6.07 Å². The van der Waals surface area contributed by atoms with E-state index in [0.717, 1.165) is 23.4 Å². The van der Waals surface area contributed by atoms with Crippen molar-refractivity contribution in [2.24, 2.45) is 0 Å². The first-order valence-electron chi connectivity index (χ1n) is 7.47. The smallest absolute Gasteiger partial charge is 0.115 e. The fraction of sp³-hybridized carbons (Fsp3) is 0.333. The van der Waals surface area contributed by atoms with Gasteiger partial charge in [0.2, 0.25) is 0 Å². The third-order valence-electron chi connectivity index (χ3n) is 4.27. The maximum absolute atomic E-state index is 9.75. The predicted octanol–water partition coefficient (Wildman–Crippen LogP) is 4.77. The van der Waals surface area contributed by atoms with Crippen LogP contribution in [0.3, 0.4) is 0 Å². The predicted molar refractivity (Wildman–Crippen MR) is 86.8 cm³/mol. The summed E-state index contributed by atoms with van der Waals surface area (Å²) in [6, 6.07) is 14.1. The lowest BCUT2D eigenvalue weighted by atomic mass is 9.87. The van der Waals surface area contributed by atoms with Crippen LogP contribution in [0.25, 0.3) is 0 Å². The standard InChI is InChI=1S/C18H20ClNO/c1-12(15-6-2-3-7-17(15)19)20-18-8-4-5-13-9-10-14(21)11-16(13)18/h2-3,6-7,9-12,18,20-21H,4-5,8H2,1H3/t12-,18?/m1/s1. The van der Waals surface area contributed by atoms with Crippen LogP contribution in [0.2, 0.25) is 5.02 Å².